The van der Waals surface area contributed by atoms with Crippen molar-refractivity contribution in [3.8, 4) is 0 Å². The Hall–Kier alpha value is -1.40. The van der Waals surface area contributed by atoms with Crippen LogP contribution < -0.4 is 10.0 Å². The van der Waals surface area contributed by atoms with Crippen molar-refractivity contribution in [3.05, 3.63) is 29.8 Å². The van der Waals surface area contributed by atoms with Gasteiger partial charge in [0.25, 0.3) is 0 Å². The van der Waals surface area contributed by atoms with Crippen LogP contribution in [0.5, 0.6) is 0 Å². The second-order valence-corrected chi connectivity index (χ2v) is 6.64. The Morgan fingerprint density at radius 2 is 2.05 bits per heavy atom. The molecule has 0 aliphatic carbocycles. The lowest BCUT2D eigenvalue weighted by atomic mass is 10.1. The summed E-state index contributed by atoms with van der Waals surface area (Å²) in [6, 6.07) is 7.60. The molecule has 19 heavy (non-hydrogen) atoms. The Morgan fingerprint density at radius 1 is 1.37 bits per heavy atom. The number of hydrogen-bond donors (Lipinski definition) is 1. The first-order chi connectivity index (χ1) is 8.93. The molecule has 0 aromatic heterocycles. The van der Waals surface area contributed by atoms with Crippen LogP contribution in [-0.2, 0) is 21.2 Å². The number of aryl methyl sites for hydroxylation is 1. The molecule has 1 aromatic carbocycles. The number of hydrogen-bond acceptors (Lipinski definition) is 3. The zero-order chi connectivity index (χ0) is 14.0. The van der Waals surface area contributed by atoms with E-state index in [-0.39, 0.29) is 18.9 Å². The van der Waals surface area contributed by atoms with Gasteiger partial charge in [-0.15, -0.1) is 0 Å². The fourth-order valence-electron chi connectivity index (χ4n) is 2.38. The molecule has 2 rings (SSSR count). The minimum absolute atomic E-state index is 0.0285. The number of carbonyl (C=O) groups is 1. The van der Waals surface area contributed by atoms with Gasteiger partial charge >= 0.3 is 0 Å². The third-order valence-electron chi connectivity index (χ3n) is 3.36. The Balaban J connectivity index is 2.31. The topological polar surface area (TPSA) is 80.5 Å². The Kier molecular flexibility index (Phi) is 3.91. The summed E-state index contributed by atoms with van der Waals surface area (Å²) in [5, 5.41) is 4.34. The lowest BCUT2D eigenvalue weighted by Gasteiger charge is -2.20. The molecule has 5 nitrogen and oxygen atoms in total. The van der Waals surface area contributed by atoms with Gasteiger partial charge in [-0.05, 0) is 18.1 Å². The minimum Gasteiger partial charge on any atom is -0.311 e. The molecule has 0 saturated carbocycles. The van der Waals surface area contributed by atoms with E-state index in [1.807, 2.05) is 24.3 Å². The summed E-state index contributed by atoms with van der Waals surface area (Å²) in [7, 11) is -3.66. The lowest BCUT2D eigenvalue weighted by Crippen LogP contribution is -2.32. The van der Waals surface area contributed by atoms with E-state index in [0.29, 0.717) is 0 Å². The number of benzene rings is 1. The van der Waals surface area contributed by atoms with E-state index in [1.165, 1.54) is 0 Å². The van der Waals surface area contributed by atoms with Crippen LogP contribution in [0.3, 0.4) is 0 Å². The Bertz CT molecular complexity index is 583. The fourth-order valence-corrected chi connectivity index (χ4v) is 3.11. The smallest absolute Gasteiger partial charge is 0.228 e. The highest BCUT2D eigenvalue weighted by molar-refractivity contribution is 7.89. The zero-order valence-electron chi connectivity index (χ0n) is 10.9. The van der Waals surface area contributed by atoms with Gasteiger partial charge in [0, 0.05) is 18.7 Å². The quantitative estimate of drug-likeness (QED) is 0.895. The molecule has 104 valence electrons. The molecule has 0 bridgehead atoms. The molecule has 1 saturated heterocycles. The van der Waals surface area contributed by atoms with Crippen LogP contribution in [0.4, 0.5) is 5.69 Å². The third kappa shape index (κ3) is 2.96. The van der Waals surface area contributed by atoms with E-state index >= 15 is 0 Å². The molecule has 1 aromatic rings. The molecule has 0 spiro atoms. The van der Waals surface area contributed by atoms with Crippen molar-refractivity contribution in [3.63, 3.8) is 0 Å². The van der Waals surface area contributed by atoms with Gasteiger partial charge in [0.15, 0.2) is 0 Å². The maximum absolute atomic E-state index is 12.0. The average Bonchev–Trinajstić information content (AvgIpc) is 2.72. The number of sulfonamides is 1. The van der Waals surface area contributed by atoms with Gasteiger partial charge in [-0.1, -0.05) is 31.5 Å². The summed E-state index contributed by atoms with van der Waals surface area (Å²) >= 11 is 0. The van der Waals surface area contributed by atoms with Gasteiger partial charge in [-0.3, -0.25) is 4.79 Å². The van der Waals surface area contributed by atoms with E-state index < -0.39 is 15.3 Å². The second kappa shape index (κ2) is 5.30. The zero-order valence-corrected chi connectivity index (χ0v) is 11.7. The fraction of sp³-hybridized carbons (Fsp3) is 0.462. The van der Waals surface area contributed by atoms with Crippen LogP contribution in [-0.4, -0.2) is 26.1 Å². The molecule has 1 amide bonds. The highest BCUT2D eigenvalue weighted by atomic mass is 32.2. The lowest BCUT2D eigenvalue weighted by molar-refractivity contribution is -0.117. The molecular formula is C13H18N2O3S. The molecule has 6 heteroatoms. The minimum atomic E-state index is -3.66. The number of primary sulfonamides is 1. The first-order valence-corrected chi connectivity index (χ1v) is 7.94. The standard InChI is InChI=1S/C13H18N2O3S/c1-2-5-10-6-3-4-7-12(10)15-9-11(8-13(15)16)19(14,17)18/h3-4,6-7,11H,2,5,8-9H2,1H3,(H2,14,17,18). The molecule has 1 aliphatic heterocycles. The number of carbonyl (C=O) groups excluding carboxylic acids is 1. The van der Waals surface area contributed by atoms with E-state index in [9.17, 15) is 13.2 Å². The van der Waals surface area contributed by atoms with Crippen molar-refractivity contribution < 1.29 is 13.2 Å². The molecular weight excluding hydrogens is 264 g/mol. The van der Waals surface area contributed by atoms with E-state index in [0.717, 1.165) is 24.1 Å². The SMILES string of the molecule is CCCc1ccccc1N1CC(S(N)(=O)=O)CC1=O. The van der Waals surface area contributed by atoms with Crippen LogP contribution >= 0.6 is 0 Å². The van der Waals surface area contributed by atoms with Crippen molar-refractivity contribution in [1.29, 1.82) is 0 Å². The number of rotatable bonds is 4. The second-order valence-electron chi connectivity index (χ2n) is 4.80. The maximum Gasteiger partial charge on any atom is 0.228 e. The van der Waals surface area contributed by atoms with E-state index in [2.05, 4.69) is 6.92 Å². The van der Waals surface area contributed by atoms with Crippen molar-refractivity contribution in [2.45, 2.75) is 31.4 Å². The number of nitrogens with zero attached hydrogens (tertiary/aromatic N) is 1. The summed E-state index contributed by atoms with van der Waals surface area (Å²) < 4.78 is 22.7. The average molecular weight is 282 g/mol. The summed E-state index contributed by atoms with van der Waals surface area (Å²) in [6.07, 6.45) is 1.80. The van der Waals surface area contributed by atoms with Crippen LogP contribution in [0, 0.1) is 0 Å². The molecule has 1 fully saturated rings. The highest BCUT2D eigenvalue weighted by Crippen LogP contribution is 2.28. The van der Waals surface area contributed by atoms with Crippen molar-refractivity contribution in [2.24, 2.45) is 5.14 Å². The van der Waals surface area contributed by atoms with Gasteiger partial charge in [0.05, 0.1) is 0 Å². The van der Waals surface area contributed by atoms with Crippen LogP contribution in [0.1, 0.15) is 25.3 Å². The number of anilines is 1. The largest absolute Gasteiger partial charge is 0.311 e. The number of para-hydroxylation sites is 1. The first-order valence-electron chi connectivity index (χ1n) is 6.33. The van der Waals surface area contributed by atoms with E-state index in [4.69, 9.17) is 5.14 Å². The van der Waals surface area contributed by atoms with Gasteiger partial charge in [0.1, 0.15) is 5.25 Å². The summed E-state index contributed by atoms with van der Waals surface area (Å²) in [5.74, 6) is -0.178. The number of amides is 1. The number of nitrogens with two attached hydrogens (primary N) is 1. The monoisotopic (exact) mass is 282 g/mol. The van der Waals surface area contributed by atoms with Gasteiger partial charge in [0.2, 0.25) is 15.9 Å². The van der Waals surface area contributed by atoms with Crippen LogP contribution in [0.15, 0.2) is 24.3 Å². The normalized spacial score (nSPS) is 20.0. The molecule has 2 N–H and O–H groups in total. The highest BCUT2D eigenvalue weighted by Gasteiger charge is 2.37. The van der Waals surface area contributed by atoms with Crippen molar-refractivity contribution >= 4 is 21.6 Å². The Labute approximate surface area is 113 Å². The van der Waals surface area contributed by atoms with Crippen LogP contribution in [0.2, 0.25) is 0 Å². The summed E-state index contributed by atoms with van der Waals surface area (Å²) in [4.78, 5) is 13.5. The van der Waals surface area contributed by atoms with Gasteiger partial charge < -0.3 is 4.90 Å². The molecule has 1 heterocycles. The van der Waals surface area contributed by atoms with Gasteiger partial charge in [-0.2, -0.15) is 0 Å². The maximum atomic E-state index is 12.0. The first kappa shape index (κ1) is 14.0. The summed E-state index contributed by atoms with van der Waals surface area (Å²) in [5.41, 5.74) is 1.87. The predicted molar refractivity (Wildman–Crippen MR) is 74.3 cm³/mol. The van der Waals surface area contributed by atoms with E-state index in [1.54, 1.807) is 4.90 Å². The van der Waals surface area contributed by atoms with Crippen molar-refractivity contribution in [2.75, 3.05) is 11.4 Å². The third-order valence-corrected chi connectivity index (χ3v) is 4.60. The Morgan fingerprint density at radius 3 is 2.63 bits per heavy atom. The molecule has 1 unspecified atom stereocenters. The van der Waals surface area contributed by atoms with Gasteiger partial charge in [-0.25, -0.2) is 13.6 Å². The molecule has 0 radical (unpaired) electrons. The molecule has 1 aliphatic rings. The molecule has 1 atom stereocenters. The predicted octanol–water partition coefficient (Wildman–Crippen LogP) is 1.03. The van der Waals surface area contributed by atoms with Crippen LogP contribution in [0.25, 0.3) is 0 Å². The summed E-state index contributed by atoms with van der Waals surface area (Å²) in [6.45, 7) is 2.22. The van der Waals surface area contributed by atoms with Crippen molar-refractivity contribution in [1.82, 2.24) is 0 Å².